The number of amides is 2. The van der Waals surface area contributed by atoms with Crippen LogP contribution in [-0.4, -0.2) is 29.7 Å². The van der Waals surface area contributed by atoms with E-state index >= 15 is 0 Å². The van der Waals surface area contributed by atoms with Crippen molar-refractivity contribution in [1.29, 1.82) is 0 Å². The largest absolute Gasteiger partial charge is 0.444 e. The van der Waals surface area contributed by atoms with Crippen molar-refractivity contribution in [2.24, 2.45) is 0 Å². The fourth-order valence-electron chi connectivity index (χ4n) is 2.59. The Morgan fingerprint density at radius 2 is 1.81 bits per heavy atom. The maximum Gasteiger partial charge on any atom is 0.407 e. The third-order valence-electron chi connectivity index (χ3n) is 4.26. The molecule has 5 nitrogen and oxygen atoms in total. The highest BCUT2D eigenvalue weighted by Crippen LogP contribution is 2.16. The Hall–Kier alpha value is -2.11. The third kappa shape index (κ3) is 7.85. The van der Waals surface area contributed by atoms with Gasteiger partial charge in [-0.05, 0) is 57.7 Å². The lowest BCUT2D eigenvalue weighted by molar-refractivity contribution is -0.123. The second-order valence-electron chi connectivity index (χ2n) is 7.52. The van der Waals surface area contributed by atoms with Crippen molar-refractivity contribution in [3.05, 3.63) is 35.6 Å². The second-order valence-corrected chi connectivity index (χ2v) is 7.52. The number of hydrogen-bond donors (Lipinski definition) is 2. The Morgan fingerprint density at radius 1 is 1.15 bits per heavy atom. The van der Waals surface area contributed by atoms with Crippen LogP contribution in [0.25, 0.3) is 0 Å². The first-order chi connectivity index (χ1) is 12.1. The van der Waals surface area contributed by atoms with E-state index in [1.54, 1.807) is 32.9 Å². The van der Waals surface area contributed by atoms with Gasteiger partial charge in [0.1, 0.15) is 11.4 Å². The number of aryl methyl sites for hydroxylation is 1. The standard InChI is InChI=1S/C20H31FN2O3/c1-6-20(7-2,14-22-18(25)26-19(3,4)5)23-17(24)12-11-15-9-8-10-16(21)13-15/h8-10,13H,6-7,11-12,14H2,1-5H3,(H,22,25)(H,23,24). The van der Waals surface area contributed by atoms with Crippen LogP contribution < -0.4 is 10.6 Å². The number of nitrogens with one attached hydrogen (secondary N) is 2. The van der Waals surface area contributed by atoms with Crippen LogP contribution in [-0.2, 0) is 16.0 Å². The lowest BCUT2D eigenvalue weighted by Crippen LogP contribution is -2.55. The molecular formula is C20H31FN2O3. The number of carbonyl (C=O) groups excluding carboxylic acids is 2. The van der Waals surface area contributed by atoms with Crippen LogP contribution in [0.2, 0.25) is 0 Å². The van der Waals surface area contributed by atoms with Gasteiger partial charge < -0.3 is 15.4 Å². The maximum atomic E-state index is 13.2. The summed E-state index contributed by atoms with van der Waals surface area (Å²) in [7, 11) is 0. The van der Waals surface area contributed by atoms with Crippen LogP contribution in [0.4, 0.5) is 9.18 Å². The van der Waals surface area contributed by atoms with Crippen LogP contribution in [0.5, 0.6) is 0 Å². The van der Waals surface area contributed by atoms with E-state index in [-0.39, 0.29) is 18.1 Å². The van der Waals surface area contributed by atoms with E-state index in [0.717, 1.165) is 5.56 Å². The normalized spacial score (nSPS) is 11.8. The number of benzene rings is 1. The number of alkyl carbamates (subject to hydrolysis) is 1. The SMILES string of the molecule is CCC(CC)(CNC(=O)OC(C)(C)C)NC(=O)CCc1cccc(F)c1. The van der Waals surface area contributed by atoms with Gasteiger partial charge in [-0.25, -0.2) is 9.18 Å². The molecule has 0 atom stereocenters. The highest BCUT2D eigenvalue weighted by molar-refractivity contribution is 5.77. The highest BCUT2D eigenvalue weighted by Gasteiger charge is 2.29. The number of hydrogen-bond acceptors (Lipinski definition) is 3. The zero-order valence-electron chi connectivity index (χ0n) is 16.4. The van der Waals surface area contributed by atoms with E-state index < -0.39 is 17.2 Å². The quantitative estimate of drug-likeness (QED) is 0.732. The zero-order valence-corrected chi connectivity index (χ0v) is 16.4. The van der Waals surface area contributed by atoms with Crippen molar-refractivity contribution >= 4 is 12.0 Å². The summed E-state index contributed by atoms with van der Waals surface area (Å²) in [6, 6.07) is 6.25. The predicted octanol–water partition coefficient (Wildman–Crippen LogP) is 3.96. The molecule has 0 saturated carbocycles. The summed E-state index contributed by atoms with van der Waals surface area (Å²) in [4.78, 5) is 24.2. The summed E-state index contributed by atoms with van der Waals surface area (Å²) >= 11 is 0. The molecule has 1 rings (SSSR count). The predicted molar refractivity (Wildman–Crippen MR) is 100 cm³/mol. The number of halogens is 1. The van der Waals surface area contributed by atoms with Gasteiger partial charge in [-0.15, -0.1) is 0 Å². The van der Waals surface area contributed by atoms with Gasteiger partial charge in [-0.1, -0.05) is 26.0 Å². The van der Waals surface area contributed by atoms with Crippen LogP contribution in [0, 0.1) is 5.82 Å². The molecule has 2 amide bonds. The van der Waals surface area contributed by atoms with Gasteiger partial charge in [0.05, 0.1) is 5.54 Å². The molecule has 0 radical (unpaired) electrons. The van der Waals surface area contributed by atoms with Gasteiger partial charge in [0.2, 0.25) is 5.91 Å². The van der Waals surface area contributed by atoms with E-state index in [9.17, 15) is 14.0 Å². The molecule has 0 aliphatic carbocycles. The average Bonchev–Trinajstić information content (AvgIpc) is 2.55. The Bertz CT molecular complexity index is 607. The van der Waals surface area contributed by atoms with Gasteiger partial charge in [-0.3, -0.25) is 4.79 Å². The molecule has 6 heteroatoms. The van der Waals surface area contributed by atoms with E-state index in [4.69, 9.17) is 4.74 Å². The lowest BCUT2D eigenvalue weighted by atomic mass is 9.92. The minimum absolute atomic E-state index is 0.121. The van der Waals surface area contributed by atoms with Crippen molar-refractivity contribution in [3.63, 3.8) is 0 Å². The molecule has 0 fully saturated rings. The van der Waals surface area contributed by atoms with Crippen LogP contribution in [0.3, 0.4) is 0 Å². The highest BCUT2D eigenvalue weighted by atomic mass is 19.1. The zero-order chi connectivity index (χ0) is 19.8. The van der Waals surface area contributed by atoms with E-state index in [1.165, 1.54) is 12.1 Å². The molecule has 0 aromatic heterocycles. The topological polar surface area (TPSA) is 67.4 Å². The Morgan fingerprint density at radius 3 is 2.35 bits per heavy atom. The second kappa shape index (κ2) is 9.55. The smallest absolute Gasteiger partial charge is 0.407 e. The lowest BCUT2D eigenvalue weighted by Gasteiger charge is -2.33. The van der Waals surface area contributed by atoms with Crippen molar-refractivity contribution in [3.8, 4) is 0 Å². The van der Waals surface area contributed by atoms with Crippen molar-refractivity contribution < 1.29 is 18.7 Å². The molecule has 146 valence electrons. The molecule has 0 saturated heterocycles. The first-order valence-electron chi connectivity index (χ1n) is 9.11. The maximum absolute atomic E-state index is 13.2. The Kier molecular flexibility index (Phi) is 8.06. The number of carbonyl (C=O) groups is 2. The summed E-state index contributed by atoms with van der Waals surface area (Å²) in [5, 5.41) is 5.77. The van der Waals surface area contributed by atoms with E-state index in [1.807, 2.05) is 13.8 Å². The molecule has 0 bridgehead atoms. The summed E-state index contributed by atoms with van der Waals surface area (Å²) in [5.74, 6) is -0.426. The summed E-state index contributed by atoms with van der Waals surface area (Å²) < 4.78 is 18.5. The van der Waals surface area contributed by atoms with Gasteiger partial charge in [-0.2, -0.15) is 0 Å². The summed E-state index contributed by atoms with van der Waals surface area (Å²) in [5.41, 5.74) is -0.319. The fourth-order valence-corrected chi connectivity index (χ4v) is 2.59. The third-order valence-corrected chi connectivity index (χ3v) is 4.26. The van der Waals surface area contributed by atoms with Crippen LogP contribution in [0.1, 0.15) is 59.4 Å². The van der Waals surface area contributed by atoms with Crippen molar-refractivity contribution in [2.45, 2.75) is 71.4 Å². The molecule has 26 heavy (non-hydrogen) atoms. The molecular weight excluding hydrogens is 335 g/mol. The molecule has 0 spiro atoms. The minimum Gasteiger partial charge on any atom is -0.444 e. The first kappa shape index (κ1) is 21.9. The van der Waals surface area contributed by atoms with Crippen molar-refractivity contribution in [1.82, 2.24) is 10.6 Å². The molecule has 1 aromatic rings. The monoisotopic (exact) mass is 366 g/mol. The van der Waals surface area contributed by atoms with Gasteiger partial charge in [0, 0.05) is 13.0 Å². The molecule has 0 aliphatic heterocycles. The number of ether oxygens (including phenoxy) is 1. The Balaban J connectivity index is 2.59. The molecule has 1 aromatic carbocycles. The minimum atomic E-state index is -0.570. The summed E-state index contributed by atoms with van der Waals surface area (Å²) in [6.07, 6.45) is 1.57. The van der Waals surface area contributed by atoms with Crippen LogP contribution >= 0.6 is 0 Å². The van der Waals surface area contributed by atoms with Crippen molar-refractivity contribution in [2.75, 3.05) is 6.54 Å². The molecule has 0 aliphatic rings. The first-order valence-corrected chi connectivity index (χ1v) is 9.11. The molecule has 0 unspecified atom stereocenters. The fraction of sp³-hybridized carbons (Fsp3) is 0.600. The van der Waals surface area contributed by atoms with E-state index in [2.05, 4.69) is 10.6 Å². The Labute approximate surface area is 155 Å². The summed E-state index contributed by atoms with van der Waals surface area (Å²) in [6.45, 7) is 9.62. The van der Waals surface area contributed by atoms with E-state index in [0.29, 0.717) is 25.8 Å². The van der Waals surface area contributed by atoms with Gasteiger partial charge >= 0.3 is 6.09 Å². The molecule has 2 N–H and O–H groups in total. The molecule has 0 heterocycles. The van der Waals surface area contributed by atoms with Crippen LogP contribution in [0.15, 0.2) is 24.3 Å². The van der Waals surface area contributed by atoms with Gasteiger partial charge in [0.15, 0.2) is 0 Å². The van der Waals surface area contributed by atoms with Gasteiger partial charge in [0.25, 0.3) is 0 Å². The average molecular weight is 366 g/mol. The number of rotatable bonds is 8.